The molecule has 0 amide bonds. The summed E-state index contributed by atoms with van der Waals surface area (Å²) in [7, 11) is 1.74. The van der Waals surface area contributed by atoms with Crippen molar-refractivity contribution in [3.05, 3.63) is 29.3 Å². The van der Waals surface area contributed by atoms with Crippen LogP contribution < -0.4 is 4.74 Å². The van der Waals surface area contributed by atoms with Crippen LogP contribution in [0.1, 0.15) is 43.7 Å². The van der Waals surface area contributed by atoms with E-state index in [-0.39, 0.29) is 12.0 Å². The number of aliphatic hydroxyl groups excluding tert-OH is 1. The zero-order chi connectivity index (χ0) is 16.0. The molecule has 2 bridgehead atoms. The Hall–Kier alpha value is -1.06. The smallest absolute Gasteiger partial charge is 0.119 e. The molecule has 1 aromatic carbocycles. The van der Waals surface area contributed by atoms with E-state index < -0.39 is 0 Å². The van der Waals surface area contributed by atoms with Crippen molar-refractivity contribution in [2.24, 2.45) is 11.8 Å². The van der Waals surface area contributed by atoms with E-state index >= 15 is 0 Å². The molecule has 2 aliphatic carbocycles. The number of ether oxygens (including phenoxy) is 1. The molecule has 1 N–H and O–H groups in total. The number of piperidine rings is 1. The van der Waals surface area contributed by atoms with Crippen LogP contribution in [0.4, 0.5) is 0 Å². The summed E-state index contributed by atoms with van der Waals surface area (Å²) in [6.45, 7) is 5.16. The lowest BCUT2D eigenvalue weighted by Gasteiger charge is -2.56. The Morgan fingerprint density at radius 3 is 2.87 bits per heavy atom. The number of aliphatic hydroxyl groups is 1. The molecule has 4 rings (SSSR count). The van der Waals surface area contributed by atoms with Crippen LogP contribution in [0.5, 0.6) is 5.75 Å². The van der Waals surface area contributed by atoms with Gasteiger partial charge in [0.1, 0.15) is 5.75 Å². The van der Waals surface area contributed by atoms with Crippen molar-refractivity contribution in [3.63, 3.8) is 0 Å². The molecule has 0 radical (unpaired) electrons. The predicted molar refractivity (Wildman–Crippen MR) is 91.9 cm³/mol. The van der Waals surface area contributed by atoms with Crippen molar-refractivity contribution in [2.75, 3.05) is 26.8 Å². The zero-order valence-electron chi connectivity index (χ0n) is 14.4. The van der Waals surface area contributed by atoms with Crippen molar-refractivity contribution in [1.29, 1.82) is 0 Å². The molecule has 0 spiro atoms. The second-order valence-corrected chi connectivity index (χ2v) is 7.90. The molecular weight excluding hydrogens is 286 g/mol. The Morgan fingerprint density at radius 1 is 1.35 bits per heavy atom. The van der Waals surface area contributed by atoms with E-state index in [1.54, 1.807) is 7.11 Å². The van der Waals surface area contributed by atoms with Crippen LogP contribution in [0.2, 0.25) is 0 Å². The van der Waals surface area contributed by atoms with Crippen LogP contribution >= 0.6 is 0 Å². The summed E-state index contributed by atoms with van der Waals surface area (Å²) in [6, 6.07) is 7.24. The van der Waals surface area contributed by atoms with Crippen molar-refractivity contribution < 1.29 is 9.84 Å². The van der Waals surface area contributed by atoms with Gasteiger partial charge in [0.05, 0.1) is 7.11 Å². The SMILES string of the molecule is COc1ccc2c(c1)[C@@]1(CCO)CCN(CC3CC3)[C@H](C2)[C@@H]1C. The Bertz CT molecular complexity index is 583. The molecule has 3 atom stereocenters. The van der Waals surface area contributed by atoms with Gasteiger partial charge >= 0.3 is 0 Å². The van der Waals surface area contributed by atoms with Crippen LogP contribution in [0.15, 0.2) is 18.2 Å². The predicted octanol–water partition coefficient (Wildman–Crippen LogP) is 2.99. The molecule has 0 aromatic heterocycles. The molecule has 2 fully saturated rings. The van der Waals surface area contributed by atoms with Crippen LogP contribution in [-0.2, 0) is 11.8 Å². The van der Waals surface area contributed by atoms with Gasteiger partial charge in [-0.05, 0) is 73.7 Å². The fraction of sp³-hybridized carbons (Fsp3) is 0.700. The third kappa shape index (κ3) is 2.49. The zero-order valence-corrected chi connectivity index (χ0v) is 14.4. The first kappa shape index (κ1) is 15.5. The summed E-state index contributed by atoms with van der Waals surface area (Å²) < 4.78 is 5.49. The van der Waals surface area contributed by atoms with Gasteiger partial charge in [-0.15, -0.1) is 0 Å². The fourth-order valence-electron chi connectivity index (χ4n) is 5.20. The molecule has 1 aliphatic heterocycles. The van der Waals surface area contributed by atoms with E-state index in [4.69, 9.17) is 4.74 Å². The van der Waals surface area contributed by atoms with Gasteiger partial charge in [-0.2, -0.15) is 0 Å². The van der Waals surface area contributed by atoms with Gasteiger partial charge in [-0.1, -0.05) is 13.0 Å². The highest BCUT2D eigenvalue weighted by molar-refractivity contribution is 5.45. The van der Waals surface area contributed by atoms with Gasteiger partial charge in [0.15, 0.2) is 0 Å². The van der Waals surface area contributed by atoms with Crippen molar-refractivity contribution in [1.82, 2.24) is 4.90 Å². The lowest BCUT2D eigenvalue weighted by atomic mass is 9.56. The van der Waals surface area contributed by atoms with Gasteiger partial charge in [-0.25, -0.2) is 0 Å². The molecule has 3 nitrogen and oxygen atoms in total. The lowest BCUT2D eigenvalue weighted by Crippen LogP contribution is -2.59. The van der Waals surface area contributed by atoms with E-state index in [1.165, 1.54) is 37.1 Å². The van der Waals surface area contributed by atoms with Crippen LogP contribution in [0, 0.1) is 11.8 Å². The number of fused-ring (bicyclic) bond motifs is 4. The summed E-state index contributed by atoms with van der Waals surface area (Å²) in [5.41, 5.74) is 3.05. The molecule has 23 heavy (non-hydrogen) atoms. The summed E-state index contributed by atoms with van der Waals surface area (Å²) in [6.07, 6.45) is 6.04. The van der Waals surface area contributed by atoms with Gasteiger partial charge < -0.3 is 9.84 Å². The number of likely N-dealkylation sites (tertiary alicyclic amines) is 1. The van der Waals surface area contributed by atoms with Crippen LogP contribution in [0.25, 0.3) is 0 Å². The summed E-state index contributed by atoms with van der Waals surface area (Å²) in [4.78, 5) is 2.76. The molecule has 0 unspecified atom stereocenters. The molecule has 1 aromatic rings. The highest BCUT2D eigenvalue weighted by atomic mass is 16.5. The lowest BCUT2D eigenvalue weighted by molar-refractivity contribution is 0.00834. The Morgan fingerprint density at radius 2 is 2.17 bits per heavy atom. The highest BCUT2D eigenvalue weighted by Crippen LogP contribution is 2.52. The molecule has 126 valence electrons. The largest absolute Gasteiger partial charge is 0.497 e. The summed E-state index contributed by atoms with van der Waals surface area (Å²) >= 11 is 0. The van der Waals surface area contributed by atoms with Crippen LogP contribution in [-0.4, -0.2) is 42.9 Å². The Labute approximate surface area is 139 Å². The topological polar surface area (TPSA) is 32.7 Å². The minimum Gasteiger partial charge on any atom is -0.497 e. The molecule has 3 heteroatoms. The van der Waals surface area contributed by atoms with E-state index in [1.807, 2.05) is 0 Å². The second kappa shape index (κ2) is 5.78. The average molecular weight is 315 g/mol. The van der Waals surface area contributed by atoms with Crippen molar-refractivity contribution >= 4 is 0 Å². The van der Waals surface area contributed by atoms with E-state index in [2.05, 4.69) is 30.0 Å². The summed E-state index contributed by atoms with van der Waals surface area (Å²) in [5.74, 6) is 2.50. The number of benzene rings is 1. The van der Waals surface area contributed by atoms with E-state index in [9.17, 15) is 5.11 Å². The maximum Gasteiger partial charge on any atom is 0.119 e. The number of hydrogen-bond acceptors (Lipinski definition) is 3. The second-order valence-electron chi connectivity index (χ2n) is 7.90. The maximum atomic E-state index is 9.77. The standard InChI is InChI=1S/C20H29NO2/c1-14-19-11-16-5-6-17(23-2)12-18(16)20(14,8-10-22)7-9-21(19)13-15-3-4-15/h5-6,12,14-15,19,22H,3-4,7-11,13H2,1-2H3/t14-,19+,20+/m0/s1. The normalized spacial score (nSPS) is 33.3. The minimum atomic E-state index is 0.127. The molecular formula is C20H29NO2. The summed E-state index contributed by atoms with van der Waals surface area (Å²) in [5, 5.41) is 9.77. The minimum absolute atomic E-state index is 0.127. The van der Waals surface area contributed by atoms with E-state index in [0.29, 0.717) is 12.0 Å². The first-order valence-electron chi connectivity index (χ1n) is 9.20. The molecule has 1 saturated carbocycles. The monoisotopic (exact) mass is 315 g/mol. The number of methoxy groups -OCH3 is 1. The van der Waals surface area contributed by atoms with Gasteiger partial charge in [0.2, 0.25) is 0 Å². The third-order valence-corrected chi connectivity index (χ3v) is 6.79. The average Bonchev–Trinajstić information content (AvgIpc) is 3.37. The molecule has 1 heterocycles. The van der Waals surface area contributed by atoms with Crippen molar-refractivity contribution in [2.45, 2.75) is 50.5 Å². The van der Waals surface area contributed by atoms with Gasteiger partial charge in [-0.3, -0.25) is 4.90 Å². The highest BCUT2D eigenvalue weighted by Gasteiger charge is 2.51. The van der Waals surface area contributed by atoms with Crippen LogP contribution in [0.3, 0.4) is 0 Å². The number of rotatable bonds is 5. The molecule has 1 saturated heterocycles. The van der Waals surface area contributed by atoms with Crippen molar-refractivity contribution in [3.8, 4) is 5.75 Å². The Balaban J connectivity index is 1.73. The first-order chi connectivity index (χ1) is 11.2. The van der Waals surface area contributed by atoms with E-state index in [0.717, 1.165) is 30.9 Å². The fourth-order valence-corrected chi connectivity index (χ4v) is 5.20. The Kier molecular flexibility index (Phi) is 3.89. The quantitative estimate of drug-likeness (QED) is 0.907. The third-order valence-electron chi connectivity index (χ3n) is 6.79. The number of hydrogen-bond donors (Lipinski definition) is 1. The van der Waals surface area contributed by atoms with Gasteiger partial charge in [0, 0.05) is 24.6 Å². The first-order valence-corrected chi connectivity index (χ1v) is 9.20. The molecule has 3 aliphatic rings. The van der Waals surface area contributed by atoms with Gasteiger partial charge in [0.25, 0.3) is 0 Å². The number of nitrogens with zero attached hydrogens (tertiary/aromatic N) is 1. The maximum absolute atomic E-state index is 9.77.